The van der Waals surface area contributed by atoms with E-state index in [1.165, 1.54) is 11.3 Å². The van der Waals surface area contributed by atoms with Crippen LogP contribution in [-0.4, -0.2) is 25.1 Å². The van der Waals surface area contributed by atoms with Crippen LogP contribution in [0.5, 0.6) is 11.5 Å². The lowest BCUT2D eigenvalue weighted by Gasteiger charge is -2.11. The van der Waals surface area contributed by atoms with E-state index in [0.717, 1.165) is 16.8 Å². The Morgan fingerprint density at radius 3 is 2.69 bits per heavy atom. The minimum Gasteiger partial charge on any atom is -0.497 e. The van der Waals surface area contributed by atoms with Crippen LogP contribution in [0.15, 0.2) is 47.1 Å². The average molecular weight is 409 g/mol. The number of nitrogens with two attached hydrogens (primary N) is 2. The summed E-state index contributed by atoms with van der Waals surface area (Å²) in [6.07, 6.45) is 2.10. The Hall–Kier alpha value is -3.52. The zero-order valence-electron chi connectivity index (χ0n) is 15.9. The van der Waals surface area contributed by atoms with Gasteiger partial charge in [-0.2, -0.15) is 0 Å². The lowest BCUT2D eigenvalue weighted by atomic mass is 10.0. The van der Waals surface area contributed by atoms with Crippen LogP contribution in [0, 0.1) is 0 Å². The highest BCUT2D eigenvalue weighted by molar-refractivity contribution is 7.21. The summed E-state index contributed by atoms with van der Waals surface area (Å²) in [4.78, 5) is 17.4. The molecule has 0 saturated carbocycles. The number of ether oxygens (including phenoxy) is 2. The first-order valence-electron chi connectivity index (χ1n) is 8.78. The van der Waals surface area contributed by atoms with Crippen molar-refractivity contribution in [2.45, 2.75) is 6.42 Å². The predicted molar refractivity (Wildman–Crippen MR) is 113 cm³/mol. The quantitative estimate of drug-likeness (QED) is 0.500. The number of fused-ring (bicyclic) bond motifs is 1. The fourth-order valence-electron chi connectivity index (χ4n) is 3.26. The maximum atomic E-state index is 11.8. The molecule has 4 aromatic rings. The van der Waals surface area contributed by atoms with Gasteiger partial charge in [-0.3, -0.25) is 4.79 Å². The van der Waals surface area contributed by atoms with Crippen molar-refractivity contribution in [3.63, 3.8) is 0 Å². The van der Waals surface area contributed by atoms with E-state index in [1.807, 2.05) is 30.3 Å². The van der Waals surface area contributed by atoms with Crippen molar-refractivity contribution >= 4 is 33.1 Å². The van der Waals surface area contributed by atoms with Crippen LogP contribution in [-0.2, 0) is 6.42 Å². The molecule has 4 N–H and O–H groups in total. The molecule has 0 bridgehead atoms. The second-order valence-corrected chi connectivity index (χ2v) is 7.38. The van der Waals surface area contributed by atoms with Gasteiger partial charge in [-0.05, 0) is 24.3 Å². The number of amides is 1. The number of nitrogen functional groups attached to an aromatic ring is 1. The van der Waals surface area contributed by atoms with Gasteiger partial charge in [0.2, 0.25) is 0 Å². The Kier molecular flexibility index (Phi) is 4.85. The van der Waals surface area contributed by atoms with Gasteiger partial charge in [0.1, 0.15) is 27.0 Å². The van der Waals surface area contributed by atoms with Gasteiger partial charge in [0.25, 0.3) is 5.91 Å². The minimum atomic E-state index is -0.575. The molecule has 0 atom stereocenters. The first kappa shape index (κ1) is 18.8. The predicted octanol–water partition coefficient (Wildman–Crippen LogP) is 3.85. The summed E-state index contributed by atoms with van der Waals surface area (Å²) in [5.74, 6) is 1.48. The molecule has 3 aromatic heterocycles. The third-order valence-electron chi connectivity index (χ3n) is 4.63. The minimum absolute atomic E-state index is 0.291. The molecule has 0 aliphatic carbocycles. The van der Waals surface area contributed by atoms with Crippen molar-refractivity contribution < 1.29 is 18.7 Å². The monoisotopic (exact) mass is 409 g/mol. The first-order chi connectivity index (χ1) is 14.0. The molecule has 3 heterocycles. The van der Waals surface area contributed by atoms with Gasteiger partial charge in [0, 0.05) is 34.7 Å². The molecule has 0 aliphatic heterocycles. The summed E-state index contributed by atoms with van der Waals surface area (Å²) in [7, 11) is 3.22. The molecule has 0 saturated heterocycles. The number of thiophene rings is 1. The molecule has 0 fully saturated rings. The van der Waals surface area contributed by atoms with Gasteiger partial charge < -0.3 is 25.4 Å². The van der Waals surface area contributed by atoms with Crippen molar-refractivity contribution in [3.8, 4) is 22.8 Å². The molecule has 1 aromatic carbocycles. The standard InChI is InChI=1S/C21H19N3O4S/c1-26-13-6-5-11(16(10-13)27-2)8-12-9-14(15-4-3-7-28-15)17-18(22)19(20(23)25)29-21(17)24-12/h3-7,9-10H,8,22H2,1-2H3,(H2,23,25). The van der Waals surface area contributed by atoms with Crippen LogP contribution in [0.2, 0.25) is 0 Å². The summed E-state index contributed by atoms with van der Waals surface area (Å²) >= 11 is 1.18. The lowest BCUT2D eigenvalue weighted by Crippen LogP contribution is -2.10. The summed E-state index contributed by atoms with van der Waals surface area (Å²) in [6, 6.07) is 11.2. The molecule has 0 radical (unpaired) electrons. The fourth-order valence-corrected chi connectivity index (χ4v) is 4.26. The second kappa shape index (κ2) is 7.48. The van der Waals surface area contributed by atoms with Crippen LogP contribution in [0.25, 0.3) is 21.5 Å². The van der Waals surface area contributed by atoms with E-state index in [-0.39, 0.29) is 0 Å². The van der Waals surface area contributed by atoms with E-state index in [9.17, 15) is 4.79 Å². The number of hydrogen-bond donors (Lipinski definition) is 2. The maximum absolute atomic E-state index is 11.8. The fraction of sp³-hybridized carbons (Fsp3) is 0.143. The van der Waals surface area contributed by atoms with E-state index in [0.29, 0.717) is 44.5 Å². The van der Waals surface area contributed by atoms with Crippen molar-refractivity contribution in [2.24, 2.45) is 5.73 Å². The number of benzene rings is 1. The van der Waals surface area contributed by atoms with E-state index >= 15 is 0 Å². The highest BCUT2D eigenvalue weighted by Crippen LogP contribution is 2.40. The number of aromatic nitrogens is 1. The van der Waals surface area contributed by atoms with Gasteiger partial charge >= 0.3 is 0 Å². The molecule has 0 unspecified atom stereocenters. The van der Waals surface area contributed by atoms with Gasteiger partial charge in [-0.25, -0.2) is 4.98 Å². The van der Waals surface area contributed by atoms with E-state index < -0.39 is 5.91 Å². The molecule has 8 heteroatoms. The number of carbonyl (C=O) groups is 1. The molecule has 0 aliphatic rings. The van der Waals surface area contributed by atoms with Gasteiger partial charge in [0.15, 0.2) is 0 Å². The first-order valence-corrected chi connectivity index (χ1v) is 9.60. The number of carbonyl (C=O) groups excluding carboxylic acids is 1. The Balaban J connectivity index is 1.87. The Morgan fingerprint density at radius 2 is 2.03 bits per heavy atom. The second-order valence-electron chi connectivity index (χ2n) is 6.38. The number of methoxy groups -OCH3 is 2. The van der Waals surface area contributed by atoms with Crippen LogP contribution in [0.4, 0.5) is 5.69 Å². The van der Waals surface area contributed by atoms with Gasteiger partial charge in [-0.15, -0.1) is 11.3 Å². The van der Waals surface area contributed by atoms with Crippen molar-refractivity contribution in [1.29, 1.82) is 0 Å². The number of nitrogens with zero attached hydrogens (tertiary/aromatic N) is 1. The molecule has 7 nitrogen and oxygen atoms in total. The van der Waals surface area contributed by atoms with Gasteiger partial charge in [-0.1, -0.05) is 6.07 Å². The summed E-state index contributed by atoms with van der Waals surface area (Å²) in [5, 5.41) is 0.671. The average Bonchev–Trinajstić information content (AvgIpc) is 3.36. The lowest BCUT2D eigenvalue weighted by molar-refractivity contribution is 0.100. The van der Waals surface area contributed by atoms with Crippen LogP contribution in [0.3, 0.4) is 0 Å². The Morgan fingerprint density at radius 1 is 1.21 bits per heavy atom. The normalized spacial score (nSPS) is 11.0. The SMILES string of the molecule is COc1ccc(Cc2cc(-c3ccco3)c3c(N)c(C(N)=O)sc3n2)c(OC)c1. The molecular formula is C21H19N3O4S. The molecule has 4 rings (SSSR count). The number of rotatable bonds is 6. The highest BCUT2D eigenvalue weighted by Gasteiger charge is 2.21. The third kappa shape index (κ3) is 3.38. The molecular weight excluding hydrogens is 390 g/mol. The van der Waals surface area contributed by atoms with Crippen molar-refractivity contribution in [2.75, 3.05) is 20.0 Å². The van der Waals surface area contributed by atoms with Gasteiger partial charge in [0.05, 0.1) is 26.2 Å². The van der Waals surface area contributed by atoms with E-state index in [1.54, 1.807) is 26.5 Å². The van der Waals surface area contributed by atoms with Crippen LogP contribution in [0.1, 0.15) is 20.9 Å². The van der Waals surface area contributed by atoms with Crippen LogP contribution >= 0.6 is 11.3 Å². The third-order valence-corrected chi connectivity index (χ3v) is 5.74. The Labute approximate surface area is 170 Å². The number of hydrogen-bond acceptors (Lipinski definition) is 7. The number of anilines is 1. The van der Waals surface area contributed by atoms with Crippen LogP contribution < -0.4 is 20.9 Å². The molecule has 0 spiro atoms. The summed E-state index contributed by atoms with van der Waals surface area (Å²) in [6.45, 7) is 0. The molecule has 1 amide bonds. The summed E-state index contributed by atoms with van der Waals surface area (Å²) < 4.78 is 16.4. The van der Waals surface area contributed by atoms with Crippen molar-refractivity contribution in [1.82, 2.24) is 4.98 Å². The Bertz CT molecular complexity index is 1200. The smallest absolute Gasteiger partial charge is 0.260 e. The number of furan rings is 1. The topological polar surface area (TPSA) is 114 Å². The number of pyridine rings is 1. The highest BCUT2D eigenvalue weighted by atomic mass is 32.1. The number of primary amides is 1. The molecule has 29 heavy (non-hydrogen) atoms. The van der Waals surface area contributed by atoms with E-state index in [4.69, 9.17) is 30.3 Å². The van der Waals surface area contributed by atoms with E-state index in [2.05, 4.69) is 0 Å². The zero-order chi connectivity index (χ0) is 20.5. The maximum Gasteiger partial charge on any atom is 0.260 e. The van der Waals surface area contributed by atoms with Crippen molar-refractivity contribution in [3.05, 3.63) is 58.8 Å². The largest absolute Gasteiger partial charge is 0.497 e. The summed E-state index contributed by atoms with van der Waals surface area (Å²) in [5.41, 5.74) is 14.5. The molecule has 148 valence electrons. The zero-order valence-corrected chi connectivity index (χ0v) is 16.7.